The van der Waals surface area contributed by atoms with Crippen LogP contribution in [0, 0.1) is 5.92 Å². The van der Waals surface area contributed by atoms with Crippen molar-refractivity contribution in [3.63, 3.8) is 0 Å². The zero-order valence-corrected chi connectivity index (χ0v) is 13.5. The smallest absolute Gasteiger partial charge is 0.134 e. The van der Waals surface area contributed by atoms with E-state index < -0.39 is 0 Å². The third-order valence-corrected chi connectivity index (χ3v) is 4.41. The number of unbranched alkanes of at least 4 members (excludes halogenated alkanes) is 1. The van der Waals surface area contributed by atoms with Gasteiger partial charge in [-0.15, -0.1) is 0 Å². The number of thioether (sulfide) groups is 1. The predicted molar refractivity (Wildman–Crippen MR) is 88.7 cm³/mol. The molecule has 1 N–H and O–H groups in total. The van der Waals surface area contributed by atoms with Gasteiger partial charge in [-0.05, 0) is 43.6 Å². The van der Waals surface area contributed by atoms with Crippen LogP contribution in [0.3, 0.4) is 0 Å². The number of piperidine rings is 1. The molecule has 0 bridgehead atoms. The highest BCUT2D eigenvalue weighted by Gasteiger charge is 2.17. The first-order chi connectivity index (χ1) is 9.79. The zero-order valence-electron chi connectivity index (χ0n) is 12.6. The molecule has 0 aliphatic carbocycles. The lowest BCUT2D eigenvalue weighted by atomic mass is 10.0. The van der Waals surface area contributed by atoms with E-state index >= 15 is 0 Å². The van der Waals surface area contributed by atoms with Gasteiger partial charge in [0.05, 0.1) is 0 Å². The molecule has 5 heteroatoms. The highest BCUT2D eigenvalue weighted by atomic mass is 32.2. The minimum atomic E-state index is 0.765. The molecule has 1 fully saturated rings. The van der Waals surface area contributed by atoms with Gasteiger partial charge in [0.25, 0.3) is 0 Å². The molecule has 1 atom stereocenters. The van der Waals surface area contributed by atoms with Gasteiger partial charge in [-0.25, -0.2) is 9.97 Å². The monoisotopic (exact) mass is 294 g/mol. The van der Waals surface area contributed by atoms with E-state index in [0.29, 0.717) is 0 Å². The number of rotatable bonds is 7. The van der Waals surface area contributed by atoms with E-state index in [1.807, 2.05) is 11.8 Å². The lowest BCUT2D eigenvalue weighted by Crippen LogP contribution is -2.34. The summed E-state index contributed by atoms with van der Waals surface area (Å²) in [4.78, 5) is 11.1. The molecule has 1 aliphatic rings. The van der Waals surface area contributed by atoms with Gasteiger partial charge in [0.1, 0.15) is 18.0 Å². The fraction of sp³-hybridized carbons (Fsp3) is 0.733. The van der Waals surface area contributed by atoms with Crippen molar-refractivity contribution in [1.29, 1.82) is 0 Å². The fourth-order valence-corrected chi connectivity index (χ4v) is 3.09. The van der Waals surface area contributed by atoms with Crippen molar-refractivity contribution < 1.29 is 0 Å². The molecule has 2 rings (SSSR count). The van der Waals surface area contributed by atoms with E-state index in [2.05, 4.69) is 39.4 Å². The minimum Gasteiger partial charge on any atom is -0.370 e. The molecule has 1 unspecified atom stereocenters. The summed E-state index contributed by atoms with van der Waals surface area (Å²) in [7, 11) is 0. The van der Waals surface area contributed by atoms with Crippen molar-refractivity contribution in [2.24, 2.45) is 5.92 Å². The summed E-state index contributed by atoms with van der Waals surface area (Å²) < 4.78 is 0. The lowest BCUT2D eigenvalue weighted by Gasteiger charge is -2.31. The molecule has 1 aromatic rings. The Morgan fingerprint density at radius 3 is 3.10 bits per heavy atom. The molecule has 1 saturated heterocycles. The number of aromatic nitrogens is 2. The second-order valence-electron chi connectivity index (χ2n) is 5.58. The molecule has 0 spiro atoms. The van der Waals surface area contributed by atoms with Crippen LogP contribution in [0.25, 0.3) is 0 Å². The summed E-state index contributed by atoms with van der Waals surface area (Å²) in [6.07, 6.45) is 8.89. The van der Waals surface area contributed by atoms with Gasteiger partial charge in [0, 0.05) is 25.7 Å². The Balaban J connectivity index is 1.84. The van der Waals surface area contributed by atoms with Gasteiger partial charge in [0.2, 0.25) is 0 Å². The van der Waals surface area contributed by atoms with Crippen LogP contribution in [0.5, 0.6) is 0 Å². The second kappa shape index (κ2) is 8.35. The standard InChI is InChI=1S/C15H26N4S/c1-13-6-5-8-19(11-13)15-10-14(17-12-18-15)16-7-3-4-9-20-2/h10,12-13H,3-9,11H2,1-2H3,(H,16,17,18). The molecule has 112 valence electrons. The number of hydrogen-bond donors (Lipinski definition) is 1. The van der Waals surface area contributed by atoms with Crippen LogP contribution in [-0.4, -0.2) is 41.6 Å². The topological polar surface area (TPSA) is 41.0 Å². The molecule has 0 saturated carbocycles. The molecular weight excluding hydrogens is 268 g/mol. The van der Waals surface area contributed by atoms with Crippen LogP contribution >= 0.6 is 11.8 Å². The third-order valence-electron chi connectivity index (χ3n) is 3.72. The number of nitrogens with one attached hydrogen (secondary N) is 1. The summed E-state index contributed by atoms with van der Waals surface area (Å²) in [5.74, 6) is 4.03. The molecule has 2 heterocycles. The van der Waals surface area contributed by atoms with E-state index in [1.165, 1.54) is 31.4 Å². The Morgan fingerprint density at radius 1 is 1.40 bits per heavy atom. The second-order valence-corrected chi connectivity index (χ2v) is 6.57. The van der Waals surface area contributed by atoms with Crippen molar-refractivity contribution in [2.75, 3.05) is 41.9 Å². The average Bonchev–Trinajstić information content (AvgIpc) is 2.47. The van der Waals surface area contributed by atoms with E-state index in [-0.39, 0.29) is 0 Å². The maximum atomic E-state index is 4.43. The van der Waals surface area contributed by atoms with Gasteiger partial charge in [-0.3, -0.25) is 0 Å². The largest absolute Gasteiger partial charge is 0.370 e. The first-order valence-electron chi connectivity index (χ1n) is 7.59. The van der Waals surface area contributed by atoms with Crippen LogP contribution < -0.4 is 10.2 Å². The maximum Gasteiger partial charge on any atom is 0.134 e. The third kappa shape index (κ3) is 4.85. The summed E-state index contributed by atoms with van der Waals surface area (Å²) in [5.41, 5.74) is 0. The zero-order chi connectivity index (χ0) is 14.2. The molecule has 0 aromatic carbocycles. The molecular formula is C15H26N4S. The summed E-state index contributed by atoms with van der Waals surface area (Å²) in [5, 5.41) is 3.41. The summed E-state index contributed by atoms with van der Waals surface area (Å²) in [6, 6.07) is 2.09. The normalized spacial score (nSPS) is 19.1. The Morgan fingerprint density at radius 2 is 2.30 bits per heavy atom. The highest BCUT2D eigenvalue weighted by molar-refractivity contribution is 7.98. The van der Waals surface area contributed by atoms with Gasteiger partial charge < -0.3 is 10.2 Å². The van der Waals surface area contributed by atoms with Crippen LogP contribution in [0.15, 0.2) is 12.4 Å². The predicted octanol–water partition coefficient (Wildman–Crippen LogP) is 3.27. The first-order valence-corrected chi connectivity index (χ1v) is 8.99. The number of nitrogens with zero attached hydrogens (tertiary/aromatic N) is 3. The first kappa shape index (κ1) is 15.4. The van der Waals surface area contributed by atoms with Crippen LogP contribution in [0.2, 0.25) is 0 Å². The van der Waals surface area contributed by atoms with Crippen molar-refractivity contribution in [2.45, 2.75) is 32.6 Å². The van der Waals surface area contributed by atoms with E-state index in [0.717, 1.165) is 37.2 Å². The SMILES string of the molecule is CSCCCCNc1cc(N2CCCC(C)C2)ncn1. The Hall–Kier alpha value is -0.970. The lowest BCUT2D eigenvalue weighted by molar-refractivity contribution is 0.444. The van der Waals surface area contributed by atoms with Crippen molar-refractivity contribution in [3.8, 4) is 0 Å². The van der Waals surface area contributed by atoms with E-state index in [1.54, 1.807) is 6.33 Å². The minimum absolute atomic E-state index is 0.765. The van der Waals surface area contributed by atoms with E-state index in [9.17, 15) is 0 Å². The van der Waals surface area contributed by atoms with Gasteiger partial charge >= 0.3 is 0 Å². The van der Waals surface area contributed by atoms with Crippen molar-refractivity contribution in [3.05, 3.63) is 12.4 Å². The fourth-order valence-electron chi connectivity index (χ4n) is 2.60. The Kier molecular flexibility index (Phi) is 6.43. The average molecular weight is 294 g/mol. The van der Waals surface area contributed by atoms with Gasteiger partial charge in [-0.2, -0.15) is 11.8 Å². The van der Waals surface area contributed by atoms with Crippen LogP contribution in [-0.2, 0) is 0 Å². The Bertz CT molecular complexity index is 399. The number of anilines is 2. The van der Waals surface area contributed by atoms with Crippen molar-refractivity contribution >= 4 is 23.4 Å². The van der Waals surface area contributed by atoms with Crippen LogP contribution in [0.4, 0.5) is 11.6 Å². The molecule has 4 nitrogen and oxygen atoms in total. The molecule has 1 aromatic heterocycles. The highest BCUT2D eigenvalue weighted by Crippen LogP contribution is 2.22. The Labute approximate surface area is 126 Å². The molecule has 0 amide bonds. The van der Waals surface area contributed by atoms with Gasteiger partial charge in [-0.1, -0.05) is 6.92 Å². The summed E-state index contributed by atoms with van der Waals surface area (Å²) >= 11 is 1.91. The van der Waals surface area contributed by atoms with E-state index in [4.69, 9.17) is 0 Å². The number of hydrogen-bond acceptors (Lipinski definition) is 5. The quantitative estimate of drug-likeness (QED) is 0.782. The molecule has 1 aliphatic heterocycles. The molecule has 0 radical (unpaired) electrons. The maximum absolute atomic E-state index is 4.43. The van der Waals surface area contributed by atoms with Gasteiger partial charge in [0.15, 0.2) is 0 Å². The molecule has 20 heavy (non-hydrogen) atoms. The van der Waals surface area contributed by atoms with Crippen LogP contribution in [0.1, 0.15) is 32.6 Å². The summed E-state index contributed by atoms with van der Waals surface area (Å²) in [6.45, 7) is 5.55. The van der Waals surface area contributed by atoms with Crippen molar-refractivity contribution in [1.82, 2.24) is 9.97 Å².